The van der Waals surface area contributed by atoms with E-state index in [1.54, 1.807) is 29.2 Å². The Hall–Kier alpha value is -3.46. The van der Waals surface area contributed by atoms with Crippen molar-refractivity contribution in [1.82, 2.24) is 19.2 Å². The van der Waals surface area contributed by atoms with Crippen LogP contribution in [0, 0.1) is 5.82 Å². The smallest absolute Gasteiger partial charge is 0.274 e. The van der Waals surface area contributed by atoms with Crippen molar-refractivity contribution in [3.8, 4) is 0 Å². The average Bonchev–Trinajstić information content (AvgIpc) is 3.18. The van der Waals surface area contributed by atoms with E-state index < -0.39 is 5.82 Å². The molecule has 0 bridgehead atoms. The van der Waals surface area contributed by atoms with Crippen molar-refractivity contribution in [2.45, 2.75) is 30.5 Å². The zero-order valence-electron chi connectivity index (χ0n) is 16.9. The van der Waals surface area contributed by atoms with Crippen molar-refractivity contribution in [1.29, 1.82) is 0 Å². The van der Waals surface area contributed by atoms with E-state index in [1.807, 2.05) is 26.0 Å². The van der Waals surface area contributed by atoms with Gasteiger partial charge >= 0.3 is 0 Å². The highest BCUT2D eigenvalue weighted by atomic mass is 32.2. The minimum Gasteiger partial charge on any atom is -0.322 e. The van der Waals surface area contributed by atoms with E-state index in [9.17, 15) is 14.0 Å². The predicted molar refractivity (Wildman–Crippen MR) is 118 cm³/mol. The van der Waals surface area contributed by atoms with Crippen LogP contribution in [0.2, 0.25) is 0 Å². The molecule has 4 rings (SSSR count). The van der Waals surface area contributed by atoms with Gasteiger partial charge in [-0.2, -0.15) is 9.50 Å². The maximum Gasteiger partial charge on any atom is 0.274 e. The van der Waals surface area contributed by atoms with Gasteiger partial charge in [0.05, 0.1) is 5.69 Å². The molecular formula is C22H20FN5O2S. The number of aromatic nitrogens is 4. The number of nitrogens with zero attached hydrogens (tertiary/aromatic N) is 4. The molecule has 0 unspecified atom stereocenters. The van der Waals surface area contributed by atoms with Crippen molar-refractivity contribution in [2.24, 2.45) is 0 Å². The molecular weight excluding hydrogens is 417 g/mol. The Balaban J connectivity index is 1.41. The Bertz CT molecular complexity index is 1300. The molecule has 9 heteroatoms. The van der Waals surface area contributed by atoms with Crippen LogP contribution < -0.4 is 10.9 Å². The summed E-state index contributed by atoms with van der Waals surface area (Å²) in [4.78, 5) is 34.3. The van der Waals surface area contributed by atoms with Crippen molar-refractivity contribution < 1.29 is 9.18 Å². The summed E-state index contributed by atoms with van der Waals surface area (Å²) >= 11 is 1.52. The first-order valence-corrected chi connectivity index (χ1v) is 10.6. The molecule has 158 valence electrons. The molecule has 4 aromatic rings. The zero-order valence-corrected chi connectivity index (χ0v) is 17.8. The minimum absolute atomic E-state index is 0.102. The van der Waals surface area contributed by atoms with Gasteiger partial charge in [0.25, 0.3) is 17.2 Å². The van der Waals surface area contributed by atoms with E-state index in [0.717, 1.165) is 4.90 Å². The number of amides is 1. The first-order chi connectivity index (χ1) is 14.9. The van der Waals surface area contributed by atoms with E-state index >= 15 is 0 Å². The minimum atomic E-state index is -0.457. The number of fused-ring (bicyclic) bond motifs is 1. The van der Waals surface area contributed by atoms with Crippen LogP contribution in [-0.4, -0.2) is 25.1 Å². The fourth-order valence-electron chi connectivity index (χ4n) is 3.04. The maximum atomic E-state index is 13.3. The van der Waals surface area contributed by atoms with Gasteiger partial charge in [-0.3, -0.25) is 14.3 Å². The van der Waals surface area contributed by atoms with Crippen LogP contribution in [-0.2, 0) is 5.75 Å². The molecule has 0 radical (unpaired) electrons. The molecule has 2 aromatic carbocycles. The molecule has 1 N–H and O–H groups in total. The molecule has 1 amide bonds. The van der Waals surface area contributed by atoms with Gasteiger partial charge in [-0.1, -0.05) is 6.07 Å². The average molecular weight is 438 g/mol. The fourth-order valence-corrected chi connectivity index (χ4v) is 3.83. The van der Waals surface area contributed by atoms with E-state index in [0.29, 0.717) is 22.9 Å². The third-order valence-electron chi connectivity index (χ3n) is 4.57. The molecule has 0 aliphatic rings. The van der Waals surface area contributed by atoms with Crippen molar-refractivity contribution >= 4 is 29.1 Å². The number of hydrogen-bond acceptors (Lipinski definition) is 5. The lowest BCUT2D eigenvalue weighted by Crippen LogP contribution is -2.22. The lowest BCUT2D eigenvalue weighted by Gasteiger charge is -2.09. The number of carbonyl (C=O) groups is 1. The van der Waals surface area contributed by atoms with Gasteiger partial charge in [-0.15, -0.1) is 11.8 Å². The Kier molecular flexibility index (Phi) is 5.85. The largest absolute Gasteiger partial charge is 0.322 e. The monoisotopic (exact) mass is 437 g/mol. The molecule has 7 nitrogen and oxygen atoms in total. The topological polar surface area (TPSA) is 81.3 Å². The second-order valence-electron chi connectivity index (χ2n) is 7.19. The van der Waals surface area contributed by atoms with Gasteiger partial charge in [0.1, 0.15) is 12.1 Å². The zero-order chi connectivity index (χ0) is 22.0. The second-order valence-corrected chi connectivity index (χ2v) is 8.24. The van der Waals surface area contributed by atoms with Crippen molar-refractivity contribution in [2.75, 3.05) is 5.32 Å². The number of nitrogens with one attached hydrogen (secondary N) is 1. The van der Waals surface area contributed by atoms with Crippen LogP contribution in [0.1, 0.15) is 35.9 Å². The van der Waals surface area contributed by atoms with Crippen molar-refractivity contribution in [3.05, 3.63) is 88.4 Å². The predicted octanol–water partition coefficient (Wildman–Crippen LogP) is 4.16. The van der Waals surface area contributed by atoms with Crippen LogP contribution >= 0.6 is 11.8 Å². The second kappa shape index (κ2) is 8.73. The SMILES string of the molecule is CC(C)n1cnc2nc(CSc3ccc(NC(=O)c4cccc(F)c4)cc3)cc(=O)n21. The summed E-state index contributed by atoms with van der Waals surface area (Å²) in [6.45, 7) is 3.95. The molecule has 0 atom stereocenters. The van der Waals surface area contributed by atoms with Gasteiger partial charge in [-0.05, 0) is 56.3 Å². The first kappa shape index (κ1) is 20.8. The molecule has 2 aromatic heterocycles. The lowest BCUT2D eigenvalue weighted by atomic mass is 10.2. The number of thioether (sulfide) groups is 1. The summed E-state index contributed by atoms with van der Waals surface area (Å²) in [5.41, 5.74) is 1.34. The number of anilines is 1. The molecule has 0 saturated carbocycles. The molecule has 31 heavy (non-hydrogen) atoms. The van der Waals surface area contributed by atoms with Crippen LogP contribution in [0.3, 0.4) is 0 Å². The van der Waals surface area contributed by atoms with Crippen molar-refractivity contribution in [3.63, 3.8) is 0 Å². The Labute approximate surface area is 181 Å². The Morgan fingerprint density at radius 1 is 1.16 bits per heavy atom. The van der Waals surface area contributed by atoms with Gasteiger partial charge < -0.3 is 5.32 Å². The summed E-state index contributed by atoms with van der Waals surface area (Å²) in [7, 11) is 0. The van der Waals surface area contributed by atoms with E-state index in [-0.39, 0.29) is 23.1 Å². The van der Waals surface area contributed by atoms with E-state index in [4.69, 9.17) is 0 Å². The molecule has 0 saturated heterocycles. The highest BCUT2D eigenvalue weighted by Gasteiger charge is 2.11. The third kappa shape index (κ3) is 4.66. The standard InChI is InChI=1S/C22H20FN5O2S/c1-14(2)27-13-24-22-26-18(11-20(29)28(22)27)12-31-19-8-6-17(7-9-19)25-21(30)15-4-3-5-16(23)10-15/h3-11,13-14H,12H2,1-2H3,(H,25,30). The molecule has 0 fully saturated rings. The highest BCUT2D eigenvalue weighted by molar-refractivity contribution is 7.98. The van der Waals surface area contributed by atoms with Crippen LogP contribution in [0.5, 0.6) is 0 Å². The van der Waals surface area contributed by atoms with E-state index in [2.05, 4.69) is 15.3 Å². The Morgan fingerprint density at radius 3 is 2.65 bits per heavy atom. The number of rotatable bonds is 6. The van der Waals surface area contributed by atoms with Gasteiger partial charge in [0.15, 0.2) is 0 Å². The number of carbonyl (C=O) groups excluding carboxylic acids is 1. The summed E-state index contributed by atoms with van der Waals surface area (Å²) in [5.74, 6) is 0.0580. The number of halogens is 1. The third-order valence-corrected chi connectivity index (χ3v) is 5.61. The quantitative estimate of drug-likeness (QED) is 0.458. The number of hydrogen-bond donors (Lipinski definition) is 1. The normalized spacial score (nSPS) is 11.2. The summed E-state index contributed by atoms with van der Waals surface area (Å²) < 4.78 is 16.5. The first-order valence-electron chi connectivity index (χ1n) is 9.66. The van der Waals surface area contributed by atoms with Gasteiger partial charge in [0.2, 0.25) is 0 Å². The lowest BCUT2D eigenvalue weighted by molar-refractivity contribution is 0.102. The fraction of sp³-hybridized carbons (Fsp3) is 0.182. The highest BCUT2D eigenvalue weighted by Crippen LogP contribution is 2.24. The molecule has 2 heterocycles. The van der Waals surface area contributed by atoms with Gasteiger partial charge in [0, 0.05) is 34.0 Å². The summed E-state index contributed by atoms with van der Waals surface area (Å²) in [6, 6.07) is 14.4. The molecule has 0 spiro atoms. The number of benzene rings is 2. The van der Waals surface area contributed by atoms with Crippen LogP contribution in [0.15, 0.2) is 70.6 Å². The van der Waals surface area contributed by atoms with E-state index in [1.165, 1.54) is 40.5 Å². The van der Waals surface area contributed by atoms with Crippen LogP contribution in [0.25, 0.3) is 5.78 Å². The molecule has 0 aliphatic carbocycles. The maximum absolute atomic E-state index is 13.3. The van der Waals surface area contributed by atoms with Crippen LogP contribution in [0.4, 0.5) is 10.1 Å². The Morgan fingerprint density at radius 2 is 1.94 bits per heavy atom. The molecule has 0 aliphatic heterocycles. The van der Waals surface area contributed by atoms with Gasteiger partial charge in [-0.25, -0.2) is 9.37 Å². The summed E-state index contributed by atoms with van der Waals surface area (Å²) in [5, 5.41) is 2.74. The summed E-state index contributed by atoms with van der Waals surface area (Å²) in [6.07, 6.45) is 1.61.